The van der Waals surface area contributed by atoms with Crippen LogP contribution in [0.4, 0.5) is 4.39 Å². The third kappa shape index (κ3) is 4.56. The topological polar surface area (TPSA) is 6.48 Å². The minimum absolute atomic E-state index is 0.0581. The molecule has 0 N–H and O–H groups in total. The molecule has 0 radical (unpaired) electrons. The second kappa shape index (κ2) is 8.97. The zero-order chi connectivity index (χ0) is 20.4. The van der Waals surface area contributed by atoms with Crippen LogP contribution < -0.4 is 0 Å². The van der Waals surface area contributed by atoms with Gasteiger partial charge in [-0.1, -0.05) is 70.0 Å². The van der Waals surface area contributed by atoms with Crippen LogP contribution in [-0.4, -0.2) is 22.9 Å². The number of rotatable bonds is 5. The molecule has 1 fully saturated rings. The van der Waals surface area contributed by atoms with Crippen LogP contribution in [-0.2, 0) is 13.1 Å². The normalized spacial score (nSPS) is 17.7. The summed E-state index contributed by atoms with van der Waals surface area (Å²) in [5, 5.41) is 0.482. The van der Waals surface area contributed by atoms with Gasteiger partial charge in [-0.2, -0.15) is 0 Å². The van der Waals surface area contributed by atoms with Crippen molar-refractivity contribution in [1.29, 1.82) is 0 Å². The van der Waals surface area contributed by atoms with E-state index in [1.54, 1.807) is 12.1 Å². The Labute approximate surface area is 185 Å². The van der Waals surface area contributed by atoms with Gasteiger partial charge in [-0.25, -0.2) is 4.39 Å². The highest BCUT2D eigenvalue weighted by molar-refractivity contribution is 9.10. The summed E-state index contributed by atoms with van der Waals surface area (Å²) in [5.41, 5.74) is 4.36. The van der Waals surface area contributed by atoms with Crippen molar-refractivity contribution in [3.63, 3.8) is 0 Å². The summed E-state index contributed by atoms with van der Waals surface area (Å²) in [6, 6.07) is 21.8. The summed E-state index contributed by atoms with van der Waals surface area (Å²) >= 11 is 9.93. The number of aryl methyl sites for hydroxylation is 1. The third-order valence-corrected chi connectivity index (χ3v) is 6.42. The van der Waals surface area contributed by atoms with Crippen LogP contribution >= 0.6 is 27.5 Å². The number of halogens is 3. The molecular weight excluding hydrogens is 451 g/mol. The SMILES string of the molecule is Cc1ccccc1CN1CCN(Cc2c(F)cccc2Cl)C1c1cccc(Br)c1. The Balaban J connectivity index is 1.67. The zero-order valence-electron chi connectivity index (χ0n) is 16.3. The number of hydrogen-bond acceptors (Lipinski definition) is 2. The maximum atomic E-state index is 14.5. The van der Waals surface area contributed by atoms with Crippen LogP contribution in [0, 0.1) is 12.7 Å². The van der Waals surface area contributed by atoms with E-state index in [4.69, 9.17) is 11.6 Å². The summed E-state index contributed by atoms with van der Waals surface area (Å²) in [4.78, 5) is 4.77. The Morgan fingerprint density at radius 2 is 1.69 bits per heavy atom. The maximum absolute atomic E-state index is 14.5. The molecule has 1 unspecified atom stereocenters. The van der Waals surface area contributed by atoms with E-state index in [-0.39, 0.29) is 12.0 Å². The van der Waals surface area contributed by atoms with E-state index in [2.05, 4.69) is 75.1 Å². The predicted octanol–water partition coefficient (Wildman–Crippen LogP) is 6.57. The Morgan fingerprint density at radius 1 is 0.966 bits per heavy atom. The van der Waals surface area contributed by atoms with Crippen molar-refractivity contribution in [2.75, 3.05) is 13.1 Å². The van der Waals surface area contributed by atoms with Crippen molar-refractivity contribution >= 4 is 27.5 Å². The van der Waals surface area contributed by atoms with Crippen LogP contribution in [0.3, 0.4) is 0 Å². The summed E-state index contributed by atoms with van der Waals surface area (Å²) in [6.45, 7) is 5.25. The number of hydrogen-bond donors (Lipinski definition) is 0. The lowest BCUT2D eigenvalue weighted by molar-refractivity contribution is 0.124. The molecule has 3 aromatic rings. The molecule has 0 bridgehead atoms. The quantitative estimate of drug-likeness (QED) is 0.414. The molecule has 0 saturated carbocycles. The lowest BCUT2D eigenvalue weighted by Crippen LogP contribution is -2.31. The minimum atomic E-state index is -0.247. The van der Waals surface area contributed by atoms with E-state index in [9.17, 15) is 4.39 Å². The first kappa shape index (κ1) is 20.5. The summed E-state index contributed by atoms with van der Waals surface area (Å²) < 4.78 is 15.5. The largest absolute Gasteiger partial charge is 0.278 e. The van der Waals surface area contributed by atoms with Gasteiger partial charge in [0.25, 0.3) is 0 Å². The fraction of sp³-hybridized carbons (Fsp3) is 0.250. The van der Waals surface area contributed by atoms with E-state index in [1.807, 2.05) is 6.07 Å². The van der Waals surface area contributed by atoms with Crippen molar-refractivity contribution < 1.29 is 4.39 Å². The van der Waals surface area contributed by atoms with Crippen molar-refractivity contribution in [3.05, 3.63) is 104 Å². The molecule has 1 saturated heterocycles. The van der Waals surface area contributed by atoms with Gasteiger partial charge in [0.1, 0.15) is 5.82 Å². The first-order valence-electron chi connectivity index (χ1n) is 9.74. The Kier molecular flexibility index (Phi) is 6.35. The van der Waals surface area contributed by atoms with Gasteiger partial charge in [-0.15, -0.1) is 0 Å². The van der Waals surface area contributed by atoms with Crippen LogP contribution in [0.1, 0.15) is 28.4 Å². The van der Waals surface area contributed by atoms with Gasteiger partial charge in [0.15, 0.2) is 0 Å². The molecule has 5 heteroatoms. The van der Waals surface area contributed by atoms with Gasteiger partial charge in [-0.05, 0) is 47.9 Å². The van der Waals surface area contributed by atoms with Crippen molar-refractivity contribution in [1.82, 2.24) is 9.80 Å². The molecule has 150 valence electrons. The Morgan fingerprint density at radius 3 is 2.41 bits per heavy atom. The number of benzene rings is 3. The fourth-order valence-electron chi connectivity index (χ4n) is 4.05. The van der Waals surface area contributed by atoms with E-state index in [0.717, 1.165) is 24.1 Å². The highest BCUT2D eigenvalue weighted by atomic mass is 79.9. The van der Waals surface area contributed by atoms with E-state index >= 15 is 0 Å². The standard InChI is InChI=1S/C24H23BrClFN2/c1-17-6-2-3-7-19(17)15-28-12-13-29(16-21-22(26)10-5-11-23(21)27)24(28)18-8-4-9-20(25)14-18/h2-11,14,24H,12-13,15-16H2,1H3. The van der Waals surface area contributed by atoms with Crippen LogP contribution in [0.25, 0.3) is 0 Å². The molecule has 3 aromatic carbocycles. The summed E-state index contributed by atoms with van der Waals surface area (Å²) in [7, 11) is 0. The average Bonchev–Trinajstić information content (AvgIpc) is 3.09. The van der Waals surface area contributed by atoms with E-state index in [0.29, 0.717) is 17.1 Å². The highest BCUT2D eigenvalue weighted by Crippen LogP contribution is 2.35. The van der Waals surface area contributed by atoms with E-state index < -0.39 is 0 Å². The predicted molar refractivity (Wildman–Crippen MR) is 120 cm³/mol. The maximum Gasteiger partial charge on any atom is 0.129 e. The monoisotopic (exact) mass is 472 g/mol. The second-order valence-electron chi connectivity index (χ2n) is 7.50. The highest BCUT2D eigenvalue weighted by Gasteiger charge is 2.34. The molecule has 0 aliphatic carbocycles. The molecule has 1 atom stereocenters. The van der Waals surface area contributed by atoms with Crippen molar-refractivity contribution in [2.24, 2.45) is 0 Å². The van der Waals surface area contributed by atoms with Crippen molar-refractivity contribution in [3.8, 4) is 0 Å². The molecule has 29 heavy (non-hydrogen) atoms. The molecule has 4 rings (SSSR count). The lowest BCUT2D eigenvalue weighted by atomic mass is 10.1. The fourth-order valence-corrected chi connectivity index (χ4v) is 4.68. The van der Waals surface area contributed by atoms with Gasteiger partial charge in [0, 0.05) is 41.2 Å². The summed E-state index contributed by atoms with van der Waals surface area (Å²) in [5.74, 6) is -0.247. The number of nitrogens with zero attached hydrogens (tertiary/aromatic N) is 2. The molecule has 1 aliphatic rings. The first-order chi connectivity index (χ1) is 14.0. The molecule has 0 spiro atoms. The smallest absolute Gasteiger partial charge is 0.129 e. The van der Waals surface area contributed by atoms with Crippen molar-refractivity contribution in [2.45, 2.75) is 26.2 Å². The third-order valence-electron chi connectivity index (χ3n) is 5.57. The van der Waals surface area contributed by atoms with E-state index in [1.165, 1.54) is 22.8 Å². The van der Waals surface area contributed by atoms with Gasteiger partial charge in [-0.3, -0.25) is 9.80 Å². The van der Waals surface area contributed by atoms with Gasteiger partial charge < -0.3 is 0 Å². The minimum Gasteiger partial charge on any atom is -0.278 e. The Bertz CT molecular complexity index is 989. The summed E-state index contributed by atoms with van der Waals surface area (Å²) in [6.07, 6.45) is 0.0581. The molecule has 1 heterocycles. The molecular formula is C24H23BrClFN2. The average molecular weight is 474 g/mol. The molecule has 1 aliphatic heterocycles. The van der Waals surface area contributed by atoms with Gasteiger partial charge >= 0.3 is 0 Å². The van der Waals surface area contributed by atoms with Gasteiger partial charge in [0.2, 0.25) is 0 Å². The first-order valence-corrected chi connectivity index (χ1v) is 10.9. The molecule has 0 aromatic heterocycles. The van der Waals surface area contributed by atoms with Crippen LogP contribution in [0.5, 0.6) is 0 Å². The Hall–Kier alpha value is -1.72. The van der Waals surface area contributed by atoms with Crippen LogP contribution in [0.15, 0.2) is 71.2 Å². The second-order valence-corrected chi connectivity index (χ2v) is 8.82. The van der Waals surface area contributed by atoms with Gasteiger partial charge in [0.05, 0.1) is 6.17 Å². The zero-order valence-corrected chi connectivity index (χ0v) is 18.6. The lowest BCUT2D eigenvalue weighted by Gasteiger charge is -2.31. The molecule has 0 amide bonds. The molecule has 2 nitrogen and oxygen atoms in total. The van der Waals surface area contributed by atoms with Crippen LogP contribution in [0.2, 0.25) is 5.02 Å².